The number of hydrogen-bond donors (Lipinski definition) is 1. The molecule has 1 N–H and O–H groups in total. The maximum absolute atomic E-state index is 4.05. The number of pyridine rings is 1. The molecule has 2 rings (SSSR count). The van der Waals surface area contributed by atoms with Crippen LogP contribution in [0.15, 0.2) is 48.8 Å². The summed E-state index contributed by atoms with van der Waals surface area (Å²) in [5, 5.41) is 3.42. The molecule has 0 aliphatic rings. The highest BCUT2D eigenvalue weighted by molar-refractivity contribution is 14.1. The van der Waals surface area contributed by atoms with Gasteiger partial charge in [-0.3, -0.25) is 4.98 Å². The molecule has 0 aliphatic heterocycles. The van der Waals surface area contributed by atoms with Gasteiger partial charge >= 0.3 is 0 Å². The quantitative estimate of drug-likeness (QED) is 0.793. The summed E-state index contributed by atoms with van der Waals surface area (Å²) in [5.74, 6) is 0. The smallest absolute Gasteiger partial charge is 0.0270 e. The monoisotopic (exact) mass is 366 g/mol. The van der Waals surface area contributed by atoms with E-state index in [2.05, 4.69) is 69.3 Å². The van der Waals surface area contributed by atoms with E-state index in [1.54, 1.807) is 0 Å². The standard InChI is InChI=1S/C16H19IN2/c1-18-16(7-4-13-8-10-19-11-9-13)12-14-2-5-15(17)6-3-14/h2-3,5-6,8-11,16,18H,4,7,12H2,1H3. The molecular formula is C16H19IN2. The number of rotatable bonds is 6. The van der Waals surface area contributed by atoms with Gasteiger partial charge in [0.15, 0.2) is 0 Å². The summed E-state index contributed by atoms with van der Waals surface area (Å²) in [6.45, 7) is 0. The Labute approximate surface area is 128 Å². The van der Waals surface area contributed by atoms with Gasteiger partial charge in [-0.25, -0.2) is 0 Å². The zero-order valence-corrected chi connectivity index (χ0v) is 13.3. The van der Waals surface area contributed by atoms with Crippen LogP contribution in [-0.2, 0) is 12.8 Å². The fraction of sp³-hybridized carbons (Fsp3) is 0.312. The highest BCUT2D eigenvalue weighted by atomic mass is 127. The summed E-state index contributed by atoms with van der Waals surface area (Å²) < 4.78 is 1.29. The van der Waals surface area contributed by atoms with Crippen molar-refractivity contribution in [3.63, 3.8) is 0 Å². The highest BCUT2D eigenvalue weighted by Gasteiger charge is 2.07. The number of nitrogens with zero attached hydrogens (tertiary/aromatic N) is 1. The Morgan fingerprint density at radius 2 is 1.74 bits per heavy atom. The second-order valence-electron chi connectivity index (χ2n) is 4.71. The molecule has 1 atom stereocenters. The molecule has 0 aliphatic carbocycles. The first-order valence-electron chi connectivity index (χ1n) is 6.58. The Bertz CT molecular complexity index is 482. The number of aromatic nitrogens is 1. The van der Waals surface area contributed by atoms with Crippen molar-refractivity contribution >= 4 is 22.6 Å². The lowest BCUT2D eigenvalue weighted by Crippen LogP contribution is -2.28. The molecule has 0 fully saturated rings. The number of nitrogens with one attached hydrogen (secondary N) is 1. The molecule has 19 heavy (non-hydrogen) atoms. The van der Waals surface area contributed by atoms with Gasteiger partial charge in [-0.2, -0.15) is 0 Å². The molecule has 2 nitrogen and oxygen atoms in total. The third kappa shape index (κ3) is 4.91. The van der Waals surface area contributed by atoms with Gasteiger partial charge in [0.2, 0.25) is 0 Å². The summed E-state index contributed by atoms with van der Waals surface area (Å²) in [4.78, 5) is 4.05. The van der Waals surface area contributed by atoms with Crippen LogP contribution in [0.5, 0.6) is 0 Å². The molecular weight excluding hydrogens is 347 g/mol. The lowest BCUT2D eigenvalue weighted by Gasteiger charge is -2.16. The molecule has 3 heteroatoms. The van der Waals surface area contributed by atoms with E-state index >= 15 is 0 Å². The van der Waals surface area contributed by atoms with Crippen LogP contribution in [0.4, 0.5) is 0 Å². The third-order valence-corrected chi connectivity index (χ3v) is 4.05. The lowest BCUT2D eigenvalue weighted by molar-refractivity contribution is 0.520. The Kier molecular flexibility index (Phi) is 5.79. The molecule has 2 aromatic rings. The molecule has 0 saturated heterocycles. The van der Waals surface area contributed by atoms with Crippen molar-refractivity contribution < 1.29 is 0 Å². The lowest BCUT2D eigenvalue weighted by atomic mass is 10.00. The highest BCUT2D eigenvalue weighted by Crippen LogP contribution is 2.12. The maximum Gasteiger partial charge on any atom is 0.0270 e. The number of aryl methyl sites for hydroxylation is 1. The molecule has 0 spiro atoms. The van der Waals surface area contributed by atoms with E-state index in [1.807, 2.05) is 19.4 Å². The van der Waals surface area contributed by atoms with Gasteiger partial charge in [-0.1, -0.05) is 12.1 Å². The zero-order chi connectivity index (χ0) is 13.5. The summed E-state index contributed by atoms with van der Waals surface area (Å²) in [6.07, 6.45) is 7.05. The van der Waals surface area contributed by atoms with Gasteiger partial charge in [0, 0.05) is 22.0 Å². The van der Waals surface area contributed by atoms with Crippen LogP contribution in [0.3, 0.4) is 0 Å². The predicted molar refractivity (Wildman–Crippen MR) is 88.3 cm³/mol. The van der Waals surface area contributed by atoms with Crippen LogP contribution >= 0.6 is 22.6 Å². The molecule has 0 bridgehead atoms. The van der Waals surface area contributed by atoms with Crippen LogP contribution in [0, 0.1) is 3.57 Å². The first kappa shape index (κ1) is 14.5. The van der Waals surface area contributed by atoms with E-state index in [-0.39, 0.29) is 0 Å². The summed E-state index contributed by atoms with van der Waals surface area (Å²) >= 11 is 2.34. The van der Waals surface area contributed by atoms with E-state index in [0.717, 1.165) is 19.3 Å². The molecule has 1 aromatic heterocycles. The predicted octanol–water partition coefficient (Wildman–Crippen LogP) is 3.45. The second-order valence-corrected chi connectivity index (χ2v) is 5.96. The summed E-state index contributed by atoms with van der Waals surface area (Å²) in [6, 6.07) is 13.5. The van der Waals surface area contributed by atoms with E-state index in [1.165, 1.54) is 14.7 Å². The minimum absolute atomic E-state index is 0.522. The number of hydrogen-bond acceptors (Lipinski definition) is 2. The Morgan fingerprint density at radius 1 is 1.05 bits per heavy atom. The van der Waals surface area contributed by atoms with Crippen LogP contribution in [-0.4, -0.2) is 18.1 Å². The fourth-order valence-corrected chi connectivity index (χ4v) is 2.50. The Morgan fingerprint density at radius 3 is 2.37 bits per heavy atom. The number of benzene rings is 1. The zero-order valence-electron chi connectivity index (χ0n) is 11.1. The van der Waals surface area contributed by atoms with Crippen molar-refractivity contribution in [2.24, 2.45) is 0 Å². The number of likely N-dealkylation sites (N-methyl/N-ethyl adjacent to an activating group) is 1. The van der Waals surface area contributed by atoms with Gasteiger partial charge in [-0.05, 0) is 84.3 Å². The molecule has 1 heterocycles. The van der Waals surface area contributed by atoms with Crippen molar-refractivity contribution in [3.8, 4) is 0 Å². The van der Waals surface area contributed by atoms with Crippen LogP contribution in [0.25, 0.3) is 0 Å². The van der Waals surface area contributed by atoms with Crippen LogP contribution in [0.2, 0.25) is 0 Å². The summed E-state index contributed by atoms with van der Waals surface area (Å²) in [7, 11) is 2.05. The van der Waals surface area contributed by atoms with Gasteiger partial charge in [0.1, 0.15) is 0 Å². The molecule has 0 saturated carbocycles. The Balaban J connectivity index is 1.88. The fourth-order valence-electron chi connectivity index (χ4n) is 2.14. The molecule has 0 amide bonds. The van der Waals surface area contributed by atoms with E-state index in [0.29, 0.717) is 6.04 Å². The SMILES string of the molecule is CNC(CCc1ccncc1)Cc1ccc(I)cc1. The largest absolute Gasteiger partial charge is 0.317 e. The average molecular weight is 366 g/mol. The average Bonchev–Trinajstić information content (AvgIpc) is 2.46. The van der Waals surface area contributed by atoms with Crippen molar-refractivity contribution in [3.05, 3.63) is 63.5 Å². The molecule has 100 valence electrons. The van der Waals surface area contributed by atoms with E-state index in [9.17, 15) is 0 Å². The molecule has 1 aromatic carbocycles. The van der Waals surface area contributed by atoms with Crippen LogP contribution in [0.1, 0.15) is 17.5 Å². The third-order valence-electron chi connectivity index (χ3n) is 3.33. The van der Waals surface area contributed by atoms with E-state index < -0.39 is 0 Å². The van der Waals surface area contributed by atoms with E-state index in [4.69, 9.17) is 0 Å². The van der Waals surface area contributed by atoms with Gasteiger partial charge in [0.25, 0.3) is 0 Å². The van der Waals surface area contributed by atoms with Gasteiger partial charge < -0.3 is 5.32 Å². The topological polar surface area (TPSA) is 24.9 Å². The minimum Gasteiger partial charge on any atom is -0.317 e. The molecule has 0 radical (unpaired) electrons. The first-order chi connectivity index (χ1) is 9.28. The van der Waals surface area contributed by atoms with Gasteiger partial charge in [0.05, 0.1) is 0 Å². The summed E-state index contributed by atoms with van der Waals surface area (Å²) in [5.41, 5.74) is 2.76. The normalized spacial score (nSPS) is 12.3. The maximum atomic E-state index is 4.05. The minimum atomic E-state index is 0.522. The van der Waals surface area contributed by atoms with Crippen molar-refractivity contribution in [2.45, 2.75) is 25.3 Å². The van der Waals surface area contributed by atoms with Crippen LogP contribution < -0.4 is 5.32 Å². The van der Waals surface area contributed by atoms with Crippen molar-refractivity contribution in [1.82, 2.24) is 10.3 Å². The second kappa shape index (κ2) is 7.60. The first-order valence-corrected chi connectivity index (χ1v) is 7.66. The van der Waals surface area contributed by atoms with Crippen molar-refractivity contribution in [1.29, 1.82) is 0 Å². The van der Waals surface area contributed by atoms with Crippen molar-refractivity contribution in [2.75, 3.05) is 7.05 Å². The van der Waals surface area contributed by atoms with Gasteiger partial charge in [-0.15, -0.1) is 0 Å². The Hall–Kier alpha value is -0.940. The number of halogens is 1. The molecule has 1 unspecified atom stereocenters.